The Morgan fingerprint density at radius 2 is 1.77 bits per heavy atom. The van der Waals surface area contributed by atoms with Gasteiger partial charge in [-0.15, -0.1) is 0 Å². The molecule has 2 aliphatic heterocycles. The molecule has 1 saturated heterocycles. The molecule has 5 heteroatoms. The lowest BCUT2D eigenvalue weighted by Gasteiger charge is -2.41. The number of hydrogen-bond acceptors (Lipinski definition) is 3. The number of hydrogen-bond donors (Lipinski definition) is 0. The third-order valence-corrected chi connectivity index (χ3v) is 9.91. The summed E-state index contributed by atoms with van der Waals surface area (Å²) in [4.78, 5) is 23.6. The van der Waals surface area contributed by atoms with Gasteiger partial charge in [0.15, 0.2) is 0 Å². The Bertz CT molecular complexity index is 1300. The van der Waals surface area contributed by atoms with Crippen LogP contribution < -0.4 is 0 Å². The third-order valence-electron chi connectivity index (χ3n) is 9.91. The van der Waals surface area contributed by atoms with Crippen LogP contribution in [0.2, 0.25) is 0 Å². The van der Waals surface area contributed by atoms with Crippen molar-refractivity contribution in [1.29, 1.82) is 0 Å². The van der Waals surface area contributed by atoms with E-state index >= 15 is 0 Å². The maximum Gasteiger partial charge on any atom is 0.229 e. The van der Waals surface area contributed by atoms with E-state index in [0.29, 0.717) is 30.3 Å². The van der Waals surface area contributed by atoms with Gasteiger partial charge in [0.1, 0.15) is 5.82 Å². The van der Waals surface area contributed by atoms with Gasteiger partial charge >= 0.3 is 0 Å². The fourth-order valence-corrected chi connectivity index (χ4v) is 7.40. The molecule has 4 nitrogen and oxygen atoms in total. The highest BCUT2D eigenvalue weighted by Gasteiger charge is 2.50. The minimum Gasteiger partial charge on any atom is -0.338 e. The molecule has 2 atom stereocenters. The van der Waals surface area contributed by atoms with Gasteiger partial charge in [0.05, 0.1) is 11.1 Å². The maximum atomic E-state index is 14.3. The Hall–Kier alpha value is -3.05. The number of carbonyl (C=O) groups excluding carboxylic acids is 1. The van der Waals surface area contributed by atoms with Gasteiger partial charge in [-0.25, -0.2) is 4.39 Å². The van der Waals surface area contributed by atoms with E-state index in [1.54, 1.807) is 12.1 Å². The number of rotatable bonds is 5. The summed E-state index contributed by atoms with van der Waals surface area (Å²) in [5.74, 6) is 1.01. The van der Waals surface area contributed by atoms with Crippen molar-refractivity contribution < 1.29 is 9.18 Å². The Kier molecular flexibility index (Phi) is 7.28. The number of nitrogens with zero attached hydrogens (tertiary/aromatic N) is 3. The molecule has 1 amide bonds. The molecule has 0 radical (unpaired) electrons. The summed E-state index contributed by atoms with van der Waals surface area (Å²) < 4.78 is 13.4. The standard InChI is InChI=1S/C34H40FN3O/c1-24(2)34(16-12-31(22-34)37-18-13-27(14-19-37)25-8-10-30(35)11-9-25)33(39)38-20-15-26-6-7-28(21-29(26)23-38)32-5-3-4-17-36-32/h3-11,17,21,24,27,31H,12-16,18-20,22-23H2,1-2H3/t31-,34+/m1/s1. The molecule has 3 aliphatic rings. The van der Waals surface area contributed by atoms with Crippen LogP contribution in [0.5, 0.6) is 0 Å². The predicted octanol–water partition coefficient (Wildman–Crippen LogP) is 6.85. The Morgan fingerprint density at radius 1 is 0.974 bits per heavy atom. The Balaban J connectivity index is 1.13. The number of carbonyl (C=O) groups is 1. The molecule has 1 aliphatic carbocycles. The molecule has 0 N–H and O–H groups in total. The molecule has 3 heterocycles. The number of pyridine rings is 1. The van der Waals surface area contributed by atoms with Gasteiger partial charge < -0.3 is 9.80 Å². The van der Waals surface area contributed by atoms with Crippen LogP contribution in [0.3, 0.4) is 0 Å². The minimum absolute atomic E-state index is 0.164. The second-order valence-corrected chi connectivity index (χ2v) is 12.2. The van der Waals surface area contributed by atoms with Crippen LogP contribution in [-0.4, -0.2) is 46.4 Å². The topological polar surface area (TPSA) is 36.4 Å². The molecular weight excluding hydrogens is 485 g/mol. The smallest absolute Gasteiger partial charge is 0.229 e. The molecule has 1 aromatic heterocycles. The lowest BCUT2D eigenvalue weighted by Crippen LogP contribution is -2.48. The van der Waals surface area contributed by atoms with Crippen molar-refractivity contribution in [2.45, 2.75) is 70.9 Å². The van der Waals surface area contributed by atoms with Crippen molar-refractivity contribution >= 4 is 5.91 Å². The summed E-state index contributed by atoms with van der Waals surface area (Å²) in [7, 11) is 0. The van der Waals surface area contributed by atoms with Gasteiger partial charge in [-0.05, 0) is 110 Å². The zero-order chi connectivity index (χ0) is 27.0. The third kappa shape index (κ3) is 5.14. The van der Waals surface area contributed by atoms with Crippen molar-refractivity contribution in [3.8, 4) is 11.3 Å². The van der Waals surface area contributed by atoms with Crippen LogP contribution in [0.1, 0.15) is 68.6 Å². The highest BCUT2D eigenvalue weighted by molar-refractivity contribution is 5.84. The van der Waals surface area contributed by atoms with Crippen LogP contribution in [0.25, 0.3) is 11.3 Å². The predicted molar refractivity (Wildman–Crippen MR) is 154 cm³/mol. The maximum absolute atomic E-state index is 14.3. The summed E-state index contributed by atoms with van der Waals surface area (Å²) in [6, 6.07) is 20.2. The number of likely N-dealkylation sites (tertiary alicyclic amines) is 1. The summed E-state index contributed by atoms with van der Waals surface area (Å²) in [5, 5.41) is 0. The lowest BCUT2D eigenvalue weighted by molar-refractivity contribution is -0.146. The summed E-state index contributed by atoms with van der Waals surface area (Å²) in [6.07, 6.45) is 7.99. The first-order valence-corrected chi connectivity index (χ1v) is 14.7. The van der Waals surface area contributed by atoms with E-state index in [2.05, 4.69) is 46.8 Å². The monoisotopic (exact) mass is 525 g/mol. The van der Waals surface area contributed by atoms with Crippen LogP contribution in [-0.2, 0) is 17.8 Å². The summed E-state index contributed by atoms with van der Waals surface area (Å²) in [5.41, 5.74) is 5.68. The van der Waals surface area contributed by atoms with Crippen LogP contribution in [0.15, 0.2) is 66.9 Å². The molecule has 6 rings (SSSR count). The van der Waals surface area contributed by atoms with E-state index in [0.717, 1.165) is 69.4 Å². The average Bonchev–Trinajstić information content (AvgIpc) is 3.44. The highest BCUT2D eigenvalue weighted by Crippen LogP contribution is 2.48. The number of fused-ring (bicyclic) bond motifs is 1. The van der Waals surface area contributed by atoms with E-state index in [-0.39, 0.29) is 11.2 Å². The lowest BCUT2D eigenvalue weighted by atomic mass is 9.73. The molecular formula is C34H40FN3O. The summed E-state index contributed by atoms with van der Waals surface area (Å²) in [6.45, 7) is 8.11. The van der Waals surface area contributed by atoms with Crippen molar-refractivity contribution in [1.82, 2.24) is 14.8 Å². The number of benzene rings is 2. The van der Waals surface area contributed by atoms with Gasteiger partial charge in [0.2, 0.25) is 5.91 Å². The molecule has 39 heavy (non-hydrogen) atoms. The van der Waals surface area contributed by atoms with E-state index in [1.165, 1.54) is 16.7 Å². The fraction of sp³-hybridized carbons (Fsp3) is 0.471. The van der Waals surface area contributed by atoms with Crippen molar-refractivity contribution in [3.05, 3.63) is 89.4 Å². The van der Waals surface area contributed by atoms with Crippen LogP contribution in [0.4, 0.5) is 4.39 Å². The minimum atomic E-state index is -0.283. The van der Waals surface area contributed by atoms with Crippen molar-refractivity contribution in [2.75, 3.05) is 19.6 Å². The number of amides is 1. The zero-order valence-electron chi connectivity index (χ0n) is 23.3. The average molecular weight is 526 g/mol. The van der Waals surface area contributed by atoms with Crippen LogP contribution in [0, 0.1) is 17.2 Å². The first-order chi connectivity index (χ1) is 18.9. The molecule has 0 spiro atoms. The molecule has 0 bridgehead atoms. The largest absolute Gasteiger partial charge is 0.338 e. The van der Waals surface area contributed by atoms with E-state index < -0.39 is 0 Å². The Morgan fingerprint density at radius 3 is 2.49 bits per heavy atom. The number of aromatic nitrogens is 1. The first-order valence-electron chi connectivity index (χ1n) is 14.7. The number of halogens is 1. The zero-order valence-corrected chi connectivity index (χ0v) is 23.3. The summed E-state index contributed by atoms with van der Waals surface area (Å²) >= 11 is 0. The quantitative estimate of drug-likeness (QED) is 0.366. The first kappa shape index (κ1) is 26.2. The molecule has 1 saturated carbocycles. The SMILES string of the molecule is CC(C)[C@]1(C(=O)N2CCc3ccc(-c4ccccn4)cc3C2)CC[C@@H](N2CCC(c3ccc(F)cc3)CC2)C1. The van der Waals surface area contributed by atoms with E-state index in [9.17, 15) is 9.18 Å². The van der Waals surface area contributed by atoms with E-state index in [4.69, 9.17) is 0 Å². The second kappa shape index (κ2) is 10.8. The van der Waals surface area contributed by atoms with Crippen molar-refractivity contribution in [2.24, 2.45) is 11.3 Å². The molecule has 2 aromatic carbocycles. The highest BCUT2D eigenvalue weighted by atomic mass is 19.1. The van der Waals surface area contributed by atoms with Gasteiger partial charge in [-0.1, -0.05) is 44.2 Å². The normalized spacial score (nSPS) is 24.2. The second-order valence-electron chi connectivity index (χ2n) is 12.2. The molecule has 0 unspecified atom stereocenters. The van der Waals surface area contributed by atoms with Crippen molar-refractivity contribution in [3.63, 3.8) is 0 Å². The van der Waals surface area contributed by atoms with Gasteiger partial charge in [0, 0.05) is 30.9 Å². The van der Waals surface area contributed by atoms with Gasteiger partial charge in [-0.3, -0.25) is 9.78 Å². The van der Waals surface area contributed by atoms with Crippen LogP contribution >= 0.6 is 0 Å². The molecule has 2 fully saturated rings. The van der Waals surface area contributed by atoms with E-state index in [1.807, 2.05) is 36.5 Å². The number of piperidine rings is 1. The molecule has 204 valence electrons. The fourth-order valence-electron chi connectivity index (χ4n) is 7.40. The van der Waals surface area contributed by atoms with Gasteiger partial charge in [0.25, 0.3) is 0 Å². The Labute approximate surface area is 232 Å². The van der Waals surface area contributed by atoms with Gasteiger partial charge in [-0.2, -0.15) is 0 Å². The molecule has 3 aromatic rings.